The van der Waals surface area contributed by atoms with Crippen LogP contribution in [0.15, 0.2) is 111 Å². The number of benzene rings is 2. The number of nitrogens with two attached hydrogens (primary N) is 1. The molecule has 2 aromatic rings. The summed E-state index contributed by atoms with van der Waals surface area (Å²) in [5, 5.41) is 5.76. The predicted molar refractivity (Wildman–Crippen MR) is 121 cm³/mol. The summed E-state index contributed by atoms with van der Waals surface area (Å²) in [6.07, 6.45) is 6.04. The highest BCUT2D eigenvalue weighted by Gasteiger charge is 2.26. The van der Waals surface area contributed by atoms with Crippen molar-refractivity contribution in [3.05, 3.63) is 117 Å². The Balaban J connectivity index is 1.81. The molecule has 2 N–H and O–H groups in total. The predicted octanol–water partition coefficient (Wildman–Crippen LogP) is 4.14. The molecule has 0 atom stereocenters. The molecule has 0 saturated heterocycles. The lowest BCUT2D eigenvalue weighted by molar-refractivity contribution is 0.515. The van der Waals surface area contributed by atoms with Crippen molar-refractivity contribution in [2.45, 2.75) is 0 Å². The second kappa shape index (κ2) is 8.30. The Labute approximate surface area is 180 Å². The molecular formula is C23H18ClN3O2S. The van der Waals surface area contributed by atoms with Crippen LogP contribution in [0.4, 0.5) is 0 Å². The largest absolute Gasteiger partial charge is 0.313 e. The highest BCUT2D eigenvalue weighted by atomic mass is 35.5. The fourth-order valence-electron chi connectivity index (χ4n) is 3.23. The van der Waals surface area contributed by atoms with Gasteiger partial charge in [-0.05, 0) is 29.9 Å². The fraction of sp³-hybridized carbons (Fsp3) is 0.0435. The molecule has 0 spiro atoms. The number of allylic oxidation sites excluding steroid dienone is 4. The zero-order chi connectivity index (χ0) is 21.1. The van der Waals surface area contributed by atoms with E-state index in [1.165, 1.54) is 18.2 Å². The van der Waals surface area contributed by atoms with Gasteiger partial charge in [0.25, 0.3) is 0 Å². The van der Waals surface area contributed by atoms with Crippen molar-refractivity contribution in [1.29, 1.82) is 0 Å². The van der Waals surface area contributed by atoms with Crippen LogP contribution in [0.25, 0.3) is 5.70 Å². The molecule has 5 nitrogen and oxygen atoms in total. The van der Waals surface area contributed by atoms with E-state index in [2.05, 4.69) is 5.73 Å². The maximum Gasteiger partial charge on any atom is 0.238 e. The van der Waals surface area contributed by atoms with Gasteiger partial charge in [-0.25, -0.2) is 13.6 Å². The van der Waals surface area contributed by atoms with E-state index in [4.69, 9.17) is 21.7 Å². The van der Waals surface area contributed by atoms with Crippen LogP contribution in [0, 0.1) is 0 Å². The van der Waals surface area contributed by atoms with Crippen molar-refractivity contribution >= 4 is 33.0 Å². The number of nitrogens with zero attached hydrogens (tertiary/aromatic N) is 2. The van der Waals surface area contributed by atoms with E-state index in [1.807, 2.05) is 65.6 Å². The topological polar surface area (TPSA) is 75.8 Å². The van der Waals surface area contributed by atoms with Crippen molar-refractivity contribution in [3.8, 4) is 0 Å². The van der Waals surface area contributed by atoms with Gasteiger partial charge in [0, 0.05) is 5.56 Å². The molecule has 0 radical (unpaired) electrons. The maximum absolute atomic E-state index is 11.7. The summed E-state index contributed by atoms with van der Waals surface area (Å²) >= 11 is 6.88. The number of hydrogen-bond acceptors (Lipinski definition) is 4. The summed E-state index contributed by atoms with van der Waals surface area (Å²) in [5.74, 6) is 0. The van der Waals surface area contributed by atoms with Crippen LogP contribution in [-0.2, 0) is 10.0 Å². The van der Waals surface area contributed by atoms with E-state index in [0.717, 1.165) is 16.8 Å². The molecule has 1 aliphatic heterocycles. The minimum absolute atomic E-state index is 0.00632. The molecule has 0 saturated carbocycles. The van der Waals surface area contributed by atoms with Gasteiger partial charge in [0.2, 0.25) is 10.0 Å². The lowest BCUT2D eigenvalue weighted by atomic mass is 10.0. The fourth-order valence-corrected chi connectivity index (χ4v) is 4.13. The highest BCUT2D eigenvalue weighted by Crippen LogP contribution is 2.34. The summed E-state index contributed by atoms with van der Waals surface area (Å²) in [6.45, 7) is 0.301. The monoisotopic (exact) mass is 435 g/mol. The molecule has 2 aromatic carbocycles. The molecule has 0 amide bonds. The molecule has 1 aliphatic carbocycles. The first kappa shape index (κ1) is 20.1. The van der Waals surface area contributed by atoms with Gasteiger partial charge in [-0.2, -0.15) is 0 Å². The maximum atomic E-state index is 11.7. The van der Waals surface area contributed by atoms with Crippen LogP contribution >= 0.6 is 11.6 Å². The van der Waals surface area contributed by atoms with Crippen LogP contribution in [-0.4, -0.2) is 25.7 Å². The molecule has 2 aliphatic rings. The Morgan fingerprint density at radius 3 is 2.23 bits per heavy atom. The smallest absolute Gasteiger partial charge is 0.238 e. The first-order valence-electron chi connectivity index (χ1n) is 9.16. The first-order chi connectivity index (χ1) is 14.4. The minimum Gasteiger partial charge on any atom is -0.313 e. The number of aliphatic imine (C=N–C) groups is 1. The first-order valence-corrected chi connectivity index (χ1v) is 11.1. The van der Waals surface area contributed by atoms with E-state index in [9.17, 15) is 8.42 Å². The number of primary sulfonamides is 1. The standard InChI is InChI=1S/C23H18ClN3O2S/c24-21-22(17-8-3-1-4-9-17)26-16-27(23(21)18-10-5-2-6-11-18)19-12-7-13-20(15-14-19)30(25,28)29/h1-11,13-15H,16H2,(H2,25,28,29). The zero-order valence-corrected chi connectivity index (χ0v) is 17.4. The van der Waals surface area contributed by atoms with Gasteiger partial charge >= 0.3 is 0 Å². The van der Waals surface area contributed by atoms with Gasteiger partial charge in [-0.15, -0.1) is 0 Å². The molecule has 7 heteroatoms. The van der Waals surface area contributed by atoms with E-state index in [1.54, 1.807) is 6.08 Å². The summed E-state index contributed by atoms with van der Waals surface area (Å²) in [4.78, 5) is 6.60. The third-order valence-electron chi connectivity index (χ3n) is 4.65. The van der Waals surface area contributed by atoms with Crippen molar-refractivity contribution in [1.82, 2.24) is 4.90 Å². The normalized spacial score (nSPS) is 16.7. The molecule has 4 rings (SSSR count). The van der Waals surface area contributed by atoms with E-state index >= 15 is 0 Å². The Morgan fingerprint density at radius 2 is 1.60 bits per heavy atom. The third-order valence-corrected chi connectivity index (χ3v) is 5.94. The Kier molecular flexibility index (Phi) is 5.57. The van der Waals surface area contributed by atoms with Crippen LogP contribution in [0.2, 0.25) is 0 Å². The summed E-state index contributed by atoms with van der Waals surface area (Å²) < 4.78 is 23.4. The van der Waals surface area contributed by atoms with Gasteiger partial charge in [0.05, 0.1) is 27.0 Å². The molecule has 0 bridgehead atoms. The second-order valence-electron chi connectivity index (χ2n) is 6.61. The quantitative estimate of drug-likeness (QED) is 0.733. The van der Waals surface area contributed by atoms with Crippen LogP contribution in [0.1, 0.15) is 11.1 Å². The van der Waals surface area contributed by atoms with E-state index < -0.39 is 10.0 Å². The molecule has 0 aromatic heterocycles. The molecule has 1 heterocycles. The minimum atomic E-state index is -3.82. The van der Waals surface area contributed by atoms with Crippen LogP contribution in [0.5, 0.6) is 0 Å². The Hall–Kier alpha value is -3.15. The van der Waals surface area contributed by atoms with Crippen LogP contribution in [0.3, 0.4) is 0 Å². The number of rotatable bonds is 4. The van der Waals surface area contributed by atoms with Crippen molar-refractivity contribution < 1.29 is 8.42 Å². The van der Waals surface area contributed by atoms with Gasteiger partial charge in [-0.3, -0.25) is 4.99 Å². The SMILES string of the molecule is NS(=O)(=O)C1=CC=C=C(N2CN=C(c3ccccc3)C(Cl)=C2c2ccccc2)C=C1. The molecule has 30 heavy (non-hydrogen) atoms. The summed E-state index contributed by atoms with van der Waals surface area (Å²) in [6, 6.07) is 19.5. The van der Waals surface area contributed by atoms with Crippen LogP contribution < -0.4 is 5.14 Å². The Bertz CT molecular complexity index is 1270. The van der Waals surface area contributed by atoms with Gasteiger partial charge < -0.3 is 4.90 Å². The molecule has 0 fully saturated rings. The lowest BCUT2D eigenvalue weighted by Gasteiger charge is -2.31. The number of sulfonamides is 1. The summed E-state index contributed by atoms with van der Waals surface area (Å²) in [7, 11) is -3.82. The van der Waals surface area contributed by atoms with Crippen molar-refractivity contribution in [3.63, 3.8) is 0 Å². The van der Waals surface area contributed by atoms with Gasteiger partial charge in [-0.1, -0.05) is 78.0 Å². The van der Waals surface area contributed by atoms with E-state index in [0.29, 0.717) is 23.1 Å². The summed E-state index contributed by atoms with van der Waals surface area (Å²) in [5.41, 5.74) is 7.04. The van der Waals surface area contributed by atoms with Crippen molar-refractivity contribution in [2.75, 3.05) is 6.67 Å². The number of hydrogen-bond donors (Lipinski definition) is 1. The highest BCUT2D eigenvalue weighted by molar-refractivity contribution is 7.93. The molecule has 0 unspecified atom stereocenters. The van der Waals surface area contributed by atoms with Gasteiger partial charge in [0.1, 0.15) is 6.67 Å². The van der Waals surface area contributed by atoms with Gasteiger partial charge in [0.15, 0.2) is 0 Å². The lowest BCUT2D eigenvalue weighted by Crippen LogP contribution is -2.28. The van der Waals surface area contributed by atoms with E-state index in [-0.39, 0.29) is 4.91 Å². The number of halogens is 1. The molecular weight excluding hydrogens is 418 g/mol. The van der Waals surface area contributed by atoms with Crippen molar-refractivity contribution in [2.24, 2.45) is 10.1 Å². The average Bonchev–Trinajstić information content (AvgIpc) is 3.01. The Morgan fingerprint density at radius 1 is 0.967 bits per heavy atom. The zero-order valence-electron chi connectivity index (χ0n) is 15.9. The second-order valence-corrected chi connectivity index (χ2v) is 8.55. The molecule has 150 valence electrons. The average molecular weight is 436 g/mol. The third kappa shape index (κ3) is 4.08.